The van der Waals surface area contributed by atoms with E-state index in [2.05, 4.69) is 15.6 Å². The number of nitrogens with zero attached hydrogens (tertiary/aromatic N) is 4. The molecule has 1 N–H and O–H groups in total. The largest absolute Gasteiger partial charge is 0.376 e. The van der Waals surface area contributed by atoms with Gasteiger partial charge in [-0.05, 0) is 68.0 Å². The van der Waals surface area contributed by atoms with Crippen LogP contribution in [0.2, 0.25) is 0 Å². The summed E-state index contributed by atoms with van der Waals surface area (Å²) in [6, 6.07) is 16.3. The van der Waals surface area contributed by atoms with Gasteiger partial charge in [0.05, 0.1) is 11.6 Å². The summed E-state index contributed by atoms with van der Waals surface area (Å²) in [6.45, 7) is 5.05. The molecule has 0 unspecified atom stereocenters. The smallest absolute Gasteiger partial charge is 0.249 e. The third kappa shape index (κ3) is 5.03. The Morgan fingerprint density at radius 2 is 1.97 bits per heavy atom. The van der Waals surface area contributed by atoms with E-state index in [1.54, 1.807) is 9.58 Å². The molecule has 5 rings (SSSR count). The van der Waals surface area contributed by atoms with Crippen LogP contribution < -0.4 is 10.2 Å². The first-order valence-electron chi connectivity index (χ1n) is 12.1. The van der Waals surface area contributed by atoms with Crippen molar-refractivity contribution in [3.63, 3.8) is 0 Å². The number of ether oxygens (including phenoxy) is 1. The van der Waals surface area contributed by atoms with E-state index in [0.29, 0.717) is 24.4 Å². The number of carbonyl (C=O) groups excluding carboxylic acids is 2. The van der Waals surface area contributed by atoms with Crippen LogP contribution >= 0.6 is 11.3 Å². The van der Waals surface area contributed by atoms with Crippen molar-refractivity contribution in [2.75, 3.05) is 18.1 Å². The Hall–Kier alpha value is -3.56. The summed E-state index contributed by atoms with van der Waals surface area (Å²) >= 11 is 1.48. The number of para-hydroxylation sites is 1. The molecule has 2 aromatic carbocycles. The number of amides is 2. The number of benzene rings is 2. The third-order valence-electron chi connectivity index (χ3n) is 6.47. The standard InChI is InChI=1S/C27H29N5O3S/c1-18-9-11-20(12-10-18)32(24(33)17-31-23-8-4-3-7-22(23)29-30-31)25(26-19(2)13-15-36-26)27(34)28-16-21-6-5-14-35-21/h3-4,7-13,15,21,25H,5-6,14,16-17H2,1-2H3,(H,28,34)/t21-,25+/m0/s1. The van der Waals surface area contributed by atoms with Crippen LogP contribution in [-0.4, -0.2) is 46.1 Å². The molecule has 1 aliphatic rings. The zero-order valence-electron chi connectivity index (χ0n) is 20.4. The molecule has 2 atom stereocenters. The number of rotatable bonds is 8. The molecule has 0 spiro atoms. The zero-order chi connectivity index (χ0) is 25.1. The molecule has 4 aromatic rings. The fraction of sp³-hybridized carbons (Fsp3) is 0.333. The molecule has 0 radical (unpaired) electrons. The van der Waals surface area contributed by atoms with E-state index < -0.39 is 6.04 Å². The van der Waals surface area contributed by atoms with Gasteiger partial charge in [-0.15, -0.1) is 16.4 Å². The number of hydrogen-bond donors (Lipinski definition) is 1. The van der Waals surface area contributed by atoms with Crippen LogP contribution in [0, 0.1) is 13.8 Å². The number of anilines is 1. The van der Waals surface area contributed by atoms with Crippen molar-refractivity contribution < 1.29 is 14.3 Å². The number of hydrogen-bond acceptors (Lipinski definition) is 6. The van der Waals surface area contributed by atoms with Gasteiger partial charge in [-0.1, -0.05) is 35.0 Å². The lowest BCUT2D eigenvalue weighted by Crippen LogP contribution is -2.46. The maximum Gasteiger partial charge on any atom is 0.249 e. The average Bonchev–Trinajstić information content (AvgIpc) is 3.64. The second-order valence-corrected chi connectivity index (χ2v) is 10.0. The van der Waals surface area contributed by atoms with Gasteiger partial charge in [0.15, 0.2) is 0 Å². The Kier molecular flexibility index (Phi) is 7.11. The topological polar surface area (TPSA) is 89.4 Å². The first-order valence-corrected chi connectivity index (χ1v) is 13.0. The quantitative estimate of drug-likeness (QED) is 0.390. The average molecular weight is 504 g/mol. The molecule has 8 nitrogen and oxygen atoms in total. The second-order valence-electron chi connectivity index (χ2n) is 9.09. The van der Waals surface area contributed by atoms with Crippen LogP contribution in [0.4, 0.5) is 5.69 Å². The zero-order valence-corrected chi connectivity index (χ0v) is 21.2. The van der Waals surface area contributed by atoms with E-state index in [1.165, 1.54) is 11.3 Å². The molecule has 1 saturated heterocycles. The highest BCUT2D eigenvalue weighted by Crippen LogP contribution is 2.34. The summed E-state index contributed by atoms with van der Waals surface area (Å²) in [5, 5.41) is 13.4. The fourth-order valence-corrected chi connectivity index (χ4v) is 5.53. The van der Waals surface area contributed by atoms with Gasteiger partial charge in [-0.3, -0.25) is 14.5 Å². The normalized spacial score (nSPS) is 16.2. The molecular weight excluding hydrogens is 474 g/mol. The lowest BCUT2D eigenvalue weighted by atomic mass is 10.1. The summed E-state index contributed by atoms with van der Waals surface area (Å²) in [4.78, 5) is 30.2. The number of thiophene rings is 1. The molecule has 0 saturated carbocycles. The van der Waals surface area contributed by atoms with Crippen LogP contribution in [-0.2, 0) is 20.9 Å². The van der Waals surface area contributed by atoms with Crippen molar-refractivity contribution in [1.29, 1.82) is 0 Å². The van der Waals surface area contributed by atoms with E-state index in [4.69, 9.17) is 4.74 Å². The highest BCUT2D eigenvalue weighted by molar-refractivity contribution is 7.10. The van der Waals surface area contributed by atoms with Crippen molar-refractivity contribution >= 4 is 39.9 Å². The number of nitrogens with one attached hydrogen (secondary N) is 1. The van der Waals surface area contributed by atoms with Crippen molar-refractivity contribution in [3.05, 3.63) is 76.0 Å². The van der Waals surface area contributed by atoms with Gasteiger partial charge < -0.3 is 10.1 Å². The molecule has 2 aromatic heterocycles. The minimum atomic E-state index is -0.823. The Morgan fingerprint density at radius 1 is 1.17 bits per heavy atom. The Morgan fingerprint density at radius 3 is 2.69 bits per heavy atom. The minimum Gasteiger partial charge on any atom is -0.376 e. The summed E-state index contributed by atoms with van der Waals surface area (Å²) in [5.41, 5.74) is 4.17. The van der Waals surface area contributed by atoms with Gasteiger partial charge in [-0.2, -0.15) is 0 Å². The van der Waals surface area contributed by atoms with E-state index >= 15 is 0 Å². The van der Waals surface area contributed by atoms with Gasteiger partial charge in [0, 0.05) is 23.7 Å². The molecule has 3 heterocycles. The Labute approximate surface area is 213 Å². The second kappa shape index (κ2) is 10.6. The molecule has 0 bridgehead atoms. The monoisotopic (exact) mass is 503 g/mol. The van der Waals surface area contributed by atoms with Crippen LogP contribution in [0.1, 0.15) is 34.9 Å². The van der Waals surface area contributed by atoms with Gasteiger partial charge in [0.1, 0.15) is 18.1 Å². The van der Waals surface area contributed by atoms with Crippen molar-refractivity contribution in [2.24, 2.45) is 0 Å². The van der Waals surface area contributed by atoms with Crippen LogP contribution in [0.5, 0.6) is 0 Å². The molecule has 1 aliphatic heterocycles. The highest BCUT2D eigenvalue weighted by atomic mass is 32.1. The fourth-order valence-electron chi connectivity index (χ4n) is 4.52. The SMILES string of the molecule is Cc1ccc(N(C(=O)Cn2nnc3ccccc32)[C@@H](C(=O)NC[C@@H]2CCCO2)c2sccc2C)cc1. The lowest BCUT2D eigenvalue weighted by Gasteiger charge is -2.31. The Balaban J connectivity index is 1.52. The van der Waals surface area contributed by atoms with Gasteiger partial charge in [0.2, 0.25) is 11.8 Å². The van der Waals surface area contributed by atoms with Crippen molar-refractivity contribution in [2.45, 2.75) is 45.4 Å². The van der Waals surface area contributed by atoms with Gasteiger partial charge in [-0.25, -0.2) is 4.68 Å². The molecule has 186 valence electrons. The maximum atomic E-state index is 14.0. The van der Waals surface area contributed by atoms with Crippen molar-refractivity contribution in [1.82, 2.24) is 20.3 Å². The number of aromatic nitrogens is 3. The summed E-state index contributed by atoms with van der Waals surface area (Å²) in [5.74, 6) is -0.479. The van der Waals surface area contributed by atoms with E-state index in [0.717, 1.165) is 34.4 Å². The number of carbonyl (C=O) groups is 2. The molecule has 0 aliphatic carbocycles. The first-order chi connectivity index (χ1) is 17.5. The third-order valence-corrected chi connectivity index (χ3v) is 7.54. The first kappa shape index (κ1) is 24.1. The molecule has 1 fully saturated rings. The minimum absolute atomic E-state index is 0.00377. The molecule has 36 heavy (non-hydrogen) atoms. The molecular formula is C27H29N5O3S. The van der Waals surface area contributed by atoms with E-state index in [1.807, 2.05) is 73.8 Å². The van der Waals surface area contributed by atoms with Crippen LogP contribution in [0.15, 0.2) is 60.0 Å². The summed E-state index contributed by atoms with van der Waals surface area (Å²) < 4.78 is 7.29. The van der Waals surface area contributed by atoms with Crippen molar-refractivity contribution in [3.8, 4) is 0 Å². The molecule has 2 amide bonds. The van der Waals surface area contributed by atoms with Gasteiger partial charge in [0.25, 0.3) is 0 Å². The molecule has 9 heteroatoms. The maximum absolute atomic E-state index is 14.0. The predicted octanol–water partition coefficient (Wildman–Crippen LogP) is 4.18. The van der Waals surface area contributed by atoms with E-state index in [-0.39, 0.29) is 24.5 Å². The lowest BCUT2D eigenvalue weighted by molar-refractivity contribution is -0.127. The Bertz CT molecular complexity index is 1360. The number of aryl methyl sites for hydroxylation is 2. The van der Waals surface area contributed by atoms with Crippen LogP contribution in [0.25, 0.3) is 11.0 Å². The highest BCUT2D eigenvalue weighted by Gasteiger charge is 2.35. The van der Waals surface area contributed by atoms with Gasteiger partial charge >= 0.3 is 0 Å². The number of fused-ring (bicyclic) bond motifs is 1. The predicted molar refractivity (Wildman–Crippen MR) is 140 cm³/mol. The van der Waals surface area contributed by atoms with E-state index in [9.17, 15) is 9.59 Å². The summed E-state index contributed by atoms with van der Waals surface area (Å²) in [7, 11) is 0. The van der Waals surface area contributed by atoms with Crippen LogP contribution in [0.3, 0.4) is 0 Å². The summed E-state index contributed by atoms with van der Waals surface area (Å²) in [6.07, 6.45) is 1.92.